The maximum absolute atomic E-state index is 11.3. The Kier molecular flexibility index (Phi) is 3.00. The Hall–Kier alpha value is -2.03. The highest BCUT2D eigenvalue weighted by Crippen LogP contribution is 2.29. The van der Waals surface area contributed by atoms with Crippen LogP contribution in [0.4, 0.5) is 0 Å². The normalized spacial score (nSPS) is 10.8. The van der Waals surface area contributed by atoms with E-state index in [0.717, 1.165) is 11.1 Å². The molecule has 1 aromatic carbocycles. The van der Waals surface area contributed by atoms with Gasteiger partial charge in [-0.1, -0.05) is 44.2 Å². The van der Waals surface area contributed by atoms with Gasteiger partial charge in [-0.25, -0.2) is 0 Å². The zero-order valence-electron chi connectivity index (χ0n) is 9.94. The Morgan fingerprint density at radius 1 is 1.24 bits per heavy atom. The van der Waals surface area contributed by atoms with E-state index in [0.29, 0.717) is 5.76 Å². The van der Waals surface area contributed by atoms with Gasteiger partial charge in [-0.3, -0.25) is 4.79 Å². The Morgan fingerprint density at radius 2 is 1.88 bits per heavy atom. The Morgan fingerprint density at radius 3 is 2.35 bits per heavy atom. The summed E-state index contributed by atoms with van der Waals surface area (Å²) in [6.45, 7) is 4.01. The zero-order valence-corrected chi connectivity index (χ0v) is 9.94. The molecular weight excluding hydrogens is 214 g/mol. The van der Waals surface area contributed by atoms with Gasteiger partial charge >= 0.3 is 0 Å². The lowest BCUT2D eigenvalue weighted by atomic mass is 10.0. The lowest BCUT2D eigenvalue weighted by molar-refractivity contribution is 0.0973. The van der Waals surface area contributed by atoms with Crippen molar-refractivity contribution in [3.05, 3.63) is 47.7 Å². The molecule has 0 radical (unpaired) electrons. The molecule has 0 unspecified atom stereocenters. The van der Waals surface area contributed by atoms with Gasteiger partial charge in [0.1, 0.15) is 5.76 Å². The van der Waals surface area contributed by atoms with Crippen LogP contribution in [0.2, 0.25) is 0 Å². The molecule has 0 atom stereocenters. The van der Waals surface area contributed by atoms with E-state index in [9.17, 15) is 4.79 Å². The molecule has 0 spiro atoms. The van der Waals surface area contributed by atoms with Crippen LogP contribution in [0.25, 0.3) is 11.3 Å². The molecule has 2 aromatic rings. The van der Waals surface area contributed by atoms with Crippen molar-refractivity contribution < 1.29 is 9.21 Å². The third-order valence-corrected chi connectivity index (χ3v) is 2.66. The second-order valence-corrected chi connectivity index (χ2v) is 4.28. The van der Waals surface area contributed by atoms with E-state index in [2.05, 4.69) is 0 Å². The summed E-state index contributed by atoms with van der Waals surface area (Å²) in [4.78, 5) is 11.3. The van der Waals surface area contributed by atoms with E-state index in [4.69, 9.17) is 10.2 Å². The third kappa shape index (κ3) is 2.23. The van der Waals surface area contributed by atoms with Gasteiger partial charge in [0.05, 0.1) is 0 Å². The topological polar surface area (TPSA) is 56.2 Å². The molecule has 0 aliphatic carbocycles. The maximum atomic E-state index is 11.3. The van der Waals surface area contributed by atoms with Crippen molar-refractivity contribution in [2.45, 2.75) is 19.8 Å². The minimum absolute atomic E-state index is 0.207. The molecule has 1 amide bonds. The van der Waals surface area contributed by atoms with Gasteiger partial charge in [0.15, 0.2) is 5.76 Å². The molecule has 0 bridgehead atoms. The molecule has 0 aliphatic rings. The largest absolute Gasteiger partial charge is 0.451 e. The van der Waals surface area contributed by atoms with E-state index < -0.39 is 5.91 Å². The van der Waals surface area contributed by atoms with Crippen LogP contribution in [0.5, 0.6) is 0 Å². The number of hydrogen-bond donors (Lipinski definition) is 1. The first-order valence-corrected chi connectivity index (χ1v) is 5.58. The highest BCUT2D eigenvalue weighted by molar-refractivity contribution is 5.92. The molecule has 88 valence electrons. The van der Waals surface area contributed by atoms with Crippen LogP contribution < -0.4 is 5.73 Å². The fraction of sp³-hybridized carbons (Fsp3) is 0.214. The van der Waals surface area contributed by atoms with Crippen molar-refractivity contribution in [1.82, 2.24) is 0 Å². The number of carbonyl (C=O) groups is 1. The molecule has 0 saturated carbocycles. The first kappa shape index (κ1) is 11.5. The Balaban J connectivity index is 2.51. The standard InChI is InChI=1S/C14H15NO2/c1-9(2)11-8-12(17-13(11)14(15)16)10-6-4-3-5-7-10/h3-9H,1-2H3,(H2,15,16). The SMILES string of the molecule is CC(C)c1cc(-c2ccccc2)oc1C(N)=O. The van der Waals surface area contributed by atoms with Crippen LogP contribution in [0.1, 0.15) is 35.9 Å². The quantitative estimate of drug-likeness (QED) is 0.878. The molecular formula is C14H15NO2. The van der Waals surface area contributed by atoms with Crippen molar-refractivity contribution in [2.24, 2.45) is 5.73 Å². The lowest BCUT2D eigenvalue weighted by Gasteiger charge is -2.00. The van der Waals surface area contributed by atoms with Crippen LogP contribution >= 0.6 is 0 Å². The van der Waals surface area contributed by atoms with E-state index in [1.54, 1.807) is 0 Å². The predicted octanol–water partition coefficient (Wildman–Crippen LogP) is 3.17. The number of carbonyl (C=O) groups excluding carboxylic acids is 1. The van der Waals surface area contributed by atoms with E-state index in [1.165, 1.54) is 0 Å². The molecule has 0 aliphatic heterocycles. The molecule has 2 rings (SSSR count). The average molecular weight is 229 g/mol. The molecule has 0 saturated heterocycles. The molecule has 3 nitrogen and oxygen atoms in total. The lowest BCUT2D eigenvalue weighted by Crippen LogP contribution is -2.12. The summed E-state index contributed by atoms with van der Waals surface area (Å²) in [6, 6.07) is 11.6. The molecule has 3 heteroatoms. The number of rotatable bonds is 3. The summed E-state index contributed by atoms with van der Waals surface area (Å²) < 4.78 is 5.55. The second kappa shape index (κ2) is 4.45. The highest BCUT2D eigenvalue weighted by Gasteiger charge is 2.18. The summed E-state index contributed by atoms with van der Waals surface area (Å²) in [5.41, 5.74) is 7.12. The number of furan rings is 1. The van der Waals surface area contributed by atoms with Gasteiger partial charge in [-0.05, 0) is 12.0 Å². The van der Waals surface area contributed by atoms with E-state index >= 15 is 0 Å². The number of hydrogen-bond acceptors (Lipinski definition) is 2. The summed E-state index contributed by atoms with van der Waals surface area (Å²) in [5, 5.41) is 0. The van der Waals surface area contributed by atoms with Crippen molar-refractivity contribution in [1.29, 1.82) is 0 Å². The minimum Gasteiger partial charge on any atom is -0.451 e. The van der Waals surface area contributed by atoms with E-state index in [1.807, 2.05) is 50.2 Å². The molecule has 0 fully saturated rings. The van der Waals surface area contributed by atoms with Crippen molar-refractivity contribution in [2.75, 3.05) is 0 Å². The average Bonchev–Trinajstić information content (AvgIpc) is 2.75. The zero-order chi connectivity index (χ0) is 12.4. The third-order valence-electron chi connectivity index (χ3n) is 2.66. The first-order valence-electron chi connectivity index (χ1n) is 5.58. The highest BCUT2D eigenvalue weighted by atomic mass is 16.4. The van der Waals surface area contributed by atoms with Crippen molar-refractivity contribution >= 4 is 5.91 Å². The van der Waals surface area contributed by atoms with Gasteiger partial charge in [-0.2, -0.15) is 0 Å². The first-order chi connectivity index (χ1) is 8.09. The molecule has 2 N–H and O–H groups in total. The molecule has 1 heterocycles. The van der Waals surface area contributed by atoms with E-state index in [-0.39, 0.29) is 11.7 Å². The van der Waals surface area contributed by atoms with Gasteiger partial charge in [-0.15, -0.1) is 0 Å². The van der Waals surface area contributed by atoms with Gasteiger partial charge in [0.25, 0.3) is 5.91 Å². The second-order valence-electron chi connectivity index (χ2n) is 4.28. The molecule has 17 heavy (non-hydrogen) atoms. The number of primary amides is 1. The maximum Gasteiger partial charge on any atom is 0.284 e. The summed E-state index contributed by atoms with van der Waals surface area (Å²) in [7, 11) is 0. The number of amides is 1. The Bertz CT molecular complexity index is 526. The van der Waals surface area contributed by atoms with Crippen molar-refractivity contribution in [3.63, 3.8) is 0 Å². The summed E-state index contributed by atoms with van der Waals surface area (Å²) >= 11 is 0. The van der Waals surface area contributed by atoms with Crippen LogP contribution in [0.15, 0.2) is 40.8 Å². The van der Waals surface area contributed by atoms with Gasteiger partial charge in [0, 0.05) is 11.1 Å². The van der Waals surface area contributed by atoms with Crippen LogP contribution in [0, 0.1) is 0 Å². The fourth-order valence-corrected chi connectivity index (χ4v) is 1.77. The molecule has 1 aromatic heterocycles. The number of nitrogens with two attached hydrogens (primary N) is 1. The van der Waals surface area contributed by atoms with Crippen molar-refractivity contribution in [3.8, 4) is 11.3 Å². The van der Waals surface area contributed by atoms with Crippen LogP contribution in [0.3, 0.4) is 0 Å². The summed E-state index contributed by atoms with van der Waals surface area (Å²) in [5.74, 6) is 0.636. The fourth-order valence-electron chi connectivity index (χ4n) is 1.77. The summed E-state index contributed by atoms with van der Waals surface area (Å²) in [6.07, 6.45) is 0. The smallest absolute Gasteiger partial charge is 0.284 e. The van der Waals surface area contributed by atoms with Gasteiger partial charge in [0.2, 0.25) is 0 Å². The van der Waals surface area contributed by atoms with Crippen LogP contribution in [-0.4, -0.2) is 5.91 Å². The van der Waals surface area contributed by atoms with Crippen LogP contribution in [-0.2, 0) is 0 Å². The number of benzene rings is 1. The van der Waals surface area contributed by atoms with Gasteiger partial charge < -0.3 is 10.2 Å². The minimum atomic E-state index is -0.518. The Labute approximate surface area is 100 Å². The monoisotopic (exact) mass is 229 g/mol. The predicted molar refractivity (Wildman–Crippen MR) is 66.8 cm³/mol.